The molecule has 24 heavy (non-hydrogen) atoms. The maximum Gasteiger partial charge on any atom is 0.255 e. The van der Waals surface area contributed by atoms with Gasteiger partial charge in [-0.15, -0.1) is 0 Å². The van der Waals surface area contributed by atoms with E-state index in [1.165, 1.54) is 25.3 Å². The highest BCUT2D eigenvalue weighted by molar-refractivity contribution is 7.89. The van der Waals surface area contributed by atoms with Gasteiger partial charge in [0, 0.05) is 12.1 Å². The molecule has 2 aromatic carbocycles. The fourth-order valence-electron chi connectivity index (χ4n) is 2.12. The van der Waals surface area contributed by atoms with Gasteiger partial charge < -0.3 is 10.1 Å². The van der Waals surface area contributed by atoms with Crippen molar-refractivity contribution in [3.8, 4) is 5.75 Å². The molecule has 128 valence electrons. The molecule has 2 N–H and O–H groups in total. The lowest BCUT2D eigenvalue weighted by Crippen LogP contribution is -2.23. The average molecular weight is 348 g/mol. The Balaban J connectivity index is 2.34. The van der Waals surface area contributed by atoms with E-state index in [1.807, 2.05) is 19.1 Å². The molecule has 0 saturated carbocycles. The minimum absolute atomic E-state index is 0.0596. The Labute approximate surface area is 141 Å². The van der Waals surface area contributed by atoms with Crippen molar-refractivity contribution >= 4 is 21.6 Å². The third-order valence-corrected chi connectivity index (χ3v) is 4.92. The highest BCUT2D eigenvalue weighted by Gasteiger charge is 2.17. The summed E-state index contributed by atoms with van der Waals surface area (Å²) in [6, 6.07) is 11.4. The first-order valence-corrected chi connectivity index (χ1v) is 8.91. The molecule has 6 nitrogen and oxygen atoms in total. The lowest BCUT2D eigenvalue weighted by atomic mass is 10.1. The number of sulfonamides is 1. The Morgan fingerprint density at radius 1 is 1.12 bits per heavy atom. The van der Waals surface area contributed by atoms with Crippen LogP contribution in [0.25, 0.3) is 0 Å². The predicted molar refractivity (Wildman–Crippen MR) is 93.0 cm³/mol. The second-order valence-corrected chi connectivity index (χ2v) is 6.95. The van der Waals surface area contributed by atoms with Gasteiger partial charge in [-0.2, -0.15) is 0 Å². The number of anilines is 1. The molecule has 0 heterocycles. The number of hydrogen-bond donors (Lipinski definition) is 2. The van der Waals surface area contributed by atoms with Crippen LogP contribution in [-0.2, 0) is 10.0 Å². The molecule has 7 heteroatoms. The van der Waals surface area contributed by atoms with Crippen molar-refractivity contribution in [3.05, 3.63) is 53.6 Å². The summed E-state index contributed by atoms with van der Waals surface area (Å²) in [5.41, 5.74) is 1.81. The van der Waals surface area contributed by atoms with E-state index in [0.717, 1.165) is 5.56 Å². The second-order valence-electron chi connectivity index (χ2n) is 5.18. The zero-order valence-electron chi connectivity index (χ0n) is 13.8. The van der Waals surface area contributed by atoms with E-state index in [4.69, 9.17) is 4.74 Å². The summed E-state index contributed by atoms with van der Waals surface area (Å²) in [6.07, 6.45) is 0. The molecule has 1 amide bonds. The number of nitrogens with one attached hydrogen (secondary N) is 2. The fraction of sp³-hybridized carbons (Fsp3) is 0.235. The maximum atomic E-state index is 12.3. The first-order valence-electron chi connectivity index (χ1n) is 7.43. The first-order chi connectivity index (χ1) is 11.4. The molecule has 0 fully saturated rings. The van der Waals surface area contributed by atoms with Crippen LogP contribution in [0.5, 0.6) is 5.75 Å². The van der Waals surface area contributed by atoms with Gasteiger partial charge in [0.1, 0.15) is 5.75 Å². The molecule has 0 radical (unpaired) electrons. The average Bonchev–Trinajstić information content (AvgIpc) is 2.55. The van der Waals surface area contributed by atoms with Gasteiger partial charge in [-0.1, -0.05) is 24.6 Å². The molecule has 0 aliphatic rings. The van der Waals surface area contributed by atoms with Gasteiger partial charge in [0.2, 0.25) is 10.0 Å². The number of carbonyl (C=O) groups excluding carboxylic acids is 1. The lowest BCUT2D eigenvalue weighted by molar-refractivity contribution is 0.102. The highest BCUT2D eigenvalue weighted by Crippen LogP contribution is 2.28. The third kappa shape index (κ3) is 4.12. The molecule has 0 aromatic heterocycles. The molecule has 0 bridgehead atoms. The summed E-state index contributed by atoms with van der Waals surface area (Å²) in [4.78, 5) is 12.4. The van der Waals surface area contributed by atoms with E-state index in [1.54, 1.807) is 19.1 Å². The summed E-state index contributed by atoms with van der Waals surface area (Å²) < 4.78 is 31.8. The van der Waals surface area contributed by atoms with Crippen LogP contribution in [0.3, 0.4) is 0 Å². The number of amides is 1. The molecular formula is C17H20N2O4S. The molecule has 0 aliphatic heterocycles. The Morgan fingerprint density at radius 2 is 1.79 bits per heavy atom. The van der Waals surface area contributed by atoms with Crippen molar-refractivity contribution in [3.63, 3.8) is 0 Å². The highest BCUT2D eigenvalue weighted by atomic mass is 32.2. The SMILES string of the molecule is CCNS(=O)(=O)c1ccc(OC)c(NC(=O)c2ccc(C)cc2)c1. The van der Waals surface area contributed by atoms with E-state index in [9.17, 15) is 13.2 Å². The van der Waals surface area contributed by atoms with Crippen LogP contribution >= 0.6 is 0 Å². The Bertz CT molecular complexity index is 830. The van der Waals surface area contributed by atoms with Gasteiger partial charge >= 0.3 is 0 Å². The quantitative estimate of drug-likeness (QED) is 0.840. The molecule has 0 spiro atoms. The van der Waals surface area contributed by atoms with Crippen molar-refractivity contribution in [1.29, 1.82) is 0 Å². The molecule has 0 unspecified atom stereocenters. The number of aryl methyl sites for hydroxylation is 1. The Morgan fingerprint density at radius 3 is 2.38 bits per heavy atom. The molecular weight excluding hydrogens is 328 g/mol. The second kappa shape index (κ2) is 7.46. The van der Waals surface area contributed by atoms with Crippen molar-refractivity contribution in [2.45, 2.75) is 18.7 Å². The van der Waals surface area contributed by atoms with Gasteiger partial charge in [-0.3, -0.25) is 4.79 Å². The zero-order chi connectivity index (χ0) is 17.7. The van der Waals surface area contributed by atoms with Gasteiger partial charge in [0.25, 0.3) is 5.91 Å². The lowest BCUT2D eigenvalue weighted by Gasteiger charge is -2.13. The summed E-state index contributed by atoms with van der Waals surface area (Å²) in [5.74, 6) is 0.0391. The molecule has 0 saturated heterocycles. The number of rotatable bonds is 6. The van der Waals surface area contributed by atoms with Crippen LogP contribution in [0, 0.1) is 6.92 Å². The van der Waals surface area contributed by atoms with E-state index < -0.39 is 10.0 Å². The largest absolute Gasteiger partial charge is 0.495 e. The Hall–Kier alpha value is -2.38. The van der Waals surface area contributed by atoms with Gasteiger partial charge in [-0.05, 0) is 37.3 Å². The summed E-state index contributed by atoms with van der Waals surface area (Å²) in [5, 5.41) is 2.70. The zero-order valence-corrected chi connectivity index (χ0v) is 14.6. The van der Waals surface area contributed by atoms with Crippen molar-refractivity contribution in [2.24, 2.45) is 0 Å². The molecule has 2 aromatic rings. The number of methoxy groups -OCH3 is 1. The van der Waals surface area contributed by atoms with E-state index in [0.29, 0.717) is 17.0 Å². The van der Waals surface area contributed by atoms with Crippen molar-refractivity contribution in [1.82, 2.24) is 4.72 Å². The van der Waals surface area contributed by atoms with Crippen LogP contribution in [-0.4, -0.2) is 28.0 Å². The monoisotopic (exact) mass is 348 g/mol. The summed E-state index contributed by atoms with van der Waals surface area (Å²) in [7, 11) is -2.17. The minimum Gasteiger partial charge on any atom is -0.495 e. The number of hydrogen-bond acceptors (Lipinski definition) is 4. The van der Waals surface area contributed by atoms with Crippen LogP contribution < -0.4 is 14.8 Å². The topological polar surface area (TPSA) is 84.5 Å². The molecule has 2 rings (SSSR count). The molecule has 0 aliphatic carbocycles. The van der Waals surface area contributed by atoms with Gasteiger partial charge in [0.15, 0.2) is 0 Å². The Kier molecular flexibility index (Phi) is 5.58. The van der Waals surface area contributed by atoms with Gasteiger partial charge in [-0.25, -0.2) is 13.1 Å². The van der Waals surface area contributed by atoms with Crippen LogP contribution in [0.15, 0.2) is 47.4 Å². The van der Waals surface area contributed by atoms with Crippen LogP contribution in [0.4, 0.5) is 5.69 Å². The van der Waals surface area contributed by atoms with Crippen molar-refractivity contribution in [2.75, 3.05) is 19.0 Å². The standard InChI is InChI=1S/C17H20N2O4S/c1-4-18-24(21,22)14-9-10-16(23-3)15(11-14)19-17(20)13-7-5-12(2)6-8-13/h5-11,18H,4H2,1-3H3,(H,19,20). The smallest absolute Gasteiger partial charge is 0.255 e. The number of carbonyl (C=O) groups is 1. The summed E-state index contributed by atoms with van der Waals surface area (Å²) >= 11 is 0. The normalized spacial score (nSPS) is 11.1. The first kappa shape index (κ1) is 18.0. The van der Waals surface area contributed by atoms with E-state index in [2.05, 4.69) is 10.0 Å². The van der Waals surface area contributed by atoms with Crippen LogP contribution in [0.2, 0.25) is 0 Å². The van der Waals surface area contributed by atoms with Gasteiger partial charge in [0.05, 0.1) is 17.7 Å². The maximum absolute atomic E-state index is 12.3. The third-order valence-electron chi connectivity index (χ3n) is 3.38. The number of benzene rings is 2. The van der Waals surface area contributed by atoms with E-state index in [-0.39, 0.29) is 17.3 Å². The van der Waals surface area contributed by atoms with E-state index >= 15 is 0 Å². The summed E-state index contributed by atoms with van der Waals surface area (Å²) in [6.45, 7) is 3.90. The van der Waals surface area contributed by atoms with Crippen molar-refractivity contribution < 1.29 is 17.9 Å². The predicted octanol–water partition coefficient (Wildman–Crippen LogP) is 2.55. The fourth-order valence-corrected chi connectivity index (χ4v) is 3.19. The van der Waals surface area contributed by atoms with Crippen LogP contribution in [0.1, 0.15) is 22.8 Å². The minimum atomic E-state index is -3.62. The number of ether oxygens (including phenoxy) is 1. The molecule has 0 atom stereocenters.